The smallest absolute Gasteiger partial charge is 0.279 e. The number of nitrogens with one attached hydrogen (secondary N) is 1. The highest BCUT2D eigenvalue weighted by atomic mass is 32.2. The van der Waals surface area contributed by atoms with Crippen molar-refractivity contribution < 1.29 is 14.4 Å². The molecule has 3 saturated heterocycles. The molecule has 4 aliphatic rings. The van der Waals surface area contributed by atoms with Gasteiger partial charge in [0.2, 0.25) is 11.8 Å². The van der Waals surface area contributed by atoms with Crippen molar-refractivity contribution in [1.82, 2.24) is 20.0 Å². The van der Waals surface area contributed by atoms with E-state index in [4.69, 9.17) is 0 Å². The number of carbonyl (C=O) groups excluding carboxylic acids is 3. The third-order valence-corrected chi connectivity index (χ3v) is 8.57. The van der Waals surface area contributed by atoms with Crippen LogP contribution in [-0.2, 0) is 9.59 Å². The van der Waals surface area contributed by atoms with Gasteiger partial charge >= 0.3 is 0 Å². The number of likely N-dealkylation sites (tertiary alicyclic amines) is 1. The highest BCUT2D eigenvalue weighted by molar-refractivity contribution is 8.14. The summed E-state index contributed by atoms with van der Waals surface area (Å²) in [4.78, 5) is 43.5. The Morgan fingerprint density at radius 1 is 1.00 bits per heavy atom. The van der Waals surface area contributed by atoms with E-state index in [-0.39, 0.29) is 28.5 Å². The van der Waals surface area contributed by atoms with Gasteiger partial charge in [0.25, 0.3) is 5.24 Å². The van der Waals surface area contributed by atoms with Crippen LogP contribution in [0, 0.1) is 11.3 Å². The third-order valence-electron chi connectivity index (χ3n) is 7.69. The van der Waals surface area contributed by atoms with Crippen LogP contribution in [0.5, 0.6) is 0 Å². The highest BCUT2D eigenvalue weighted by Crippen LogP contribution is 2.60. The second kappa shape index (κ2) is 9.50. The number of hydrogen-bond acceptors (Lipinski definition) is 5. The lowest BCUT2D eigenvalue weighted by atomic mass is 9.90. The van der Waals surface area contributed by atoms with Gasteiger partial charge in [-0.3, -0.25) is 19.3 Å². The van der Waals surface area contributed by atoms with Gasteiger partial charge in [-0.15, -0.1) is 0 Å². The Kier molecular flexibility index (Phi) is 6.47. The van der Waals surface area contributed by atoms with Crippen LogP contribution < -0.4 is 5.32 Å². The van der Waals surface area contributed by atoms with E-state index < -0.39 is 0 Å². The molecule has 0 unspecified atom stereocenters. The summed E-state index contributed by atoms with van der Waals surface area (Å²) in [5.74, 6) is 0.993. The molecule has 8 heteroatoms. The summed E-state index contributed by atoms with van der Waals surface area (Å²) in [6.45, 7) is 5.73. The Labute approximate surface area is 199 Å². The summed E-state index contributed by atoms with van der Waals surface area (Å²) >= 11 is 1.18. The standard InChI is InChI=1S/C25H32N4O3S/c30-22(29-15-13-27(14-16-29)10-4-7-19-5-2-1-3-6-19)20-17-25(20)8-11-28(12-9-25)23(31)21-18-33-24(32)26-21/h1-7,20-21H,8-18H2,(H,26,32)/b7-4+/t20-,21+/m1/s1. The summed E-state index contributed by atoms with van der Waals surface area (Å²) < 4.78 is 0. The van der Waals surface area contributed by atoms with Crippen LogP contribution in [0.25, 0.3) is 6.08 Å². The molecule has 3 aliphatic heterocycles. The first kappa shape index (κ1) is 22.5. The fraction of sp³-hybridized carbons (Fsp3) is 0.560. The normalized spacial score (nSPS) is 27.2. The van der Waals surface area contributed by atoms with Crippen molar-refractivity contribution in [2.75, 3.05) is 51.6 Å². The number of thioether (sulfide) groups is 1. The van der Waals surface area contributed by atoms with E-state index in [2.05, 4.69) is 39.4 Å². The second-order valence-electron chi connectivity index (χ2n) is 9.68. The topological polar surface area (TPSA) is 73.0 Å². The van der Waals surface area contributed by atoms with E-state index in [0.717, 1.165) is 52.0 Å². The lowest BCUT2D eigenvalue weighted by molar-refractivity contribution is -0.136. The average molecular weight is 469 g/mol. The molecule has 5 rings (SSSR count). The number of amides is 3. The molecule has 176 valence electrons. The molecular weight excluding hydrogens is 436 g/mol. The highest BCUT2D eigenvalue weighted by Gasteiger charge is 2.59. The molecule has 0 bridgehead atoms. The molecular formula is C25H32N4O3S. The van der Waals surface area contributed by atoms with Crippen LogP contribution in [0.1, 0.15) is 24.8 Å². The first-order valence-electron chi connectivity index (χ1n) is 12.0. The minimum atomic E-state index is -0.382. The SMILES string of the molecule is O=C1N[C@H](C(=O)N2CCC3(CC2)C[C@@H]3C(=O)N2CCN(C/C=C/c3ccccc3)CC2)CS1. The largest absolute Gasteiger partial charge is 0.341 e. The first-order valence-corrected chi connectivity index (χ1v) is 13.0. The summed E-state index contributed by atoms with van der Waals surface area (Å²) in [6, 6.07) is 9.94. The van der Waals surface area contributed by atoms with Gasteiger partial charge in [-0.25, -0.2) is 0 Å². The molecule has 33 heavy (non-hydrogen) atoms. The lowest BCUT2D eigenvalue weighted by Gasteiger charge is -2.36. The van der Waals surface area contributed by atoms with Crippen LogP contribution in [0.3, 0.4) is 0 Å². The van der Waals surface area contributed by atoms with Crippen LogP contribution in [-0.4, -0.2) is 89.4 Å². The predicted molar refractivity (Wildman–Crippen MR) is 130 cm³/mol. The number of nitrogens with zero attached hydrogens (tertiary/aromatic N) is 3. The molecule has 7 nitrogen and oxygen atoms in total. The fourth-order valence-corrected chi connectivity index (χ4v) is 6.20. The van der Waals surface area contributed by atoms with Gasteiger partial charge in [-0.2, -0.15) is 0 Å². The Morgan fingerprint density at radius 3 is 2.36 bits per heavy atom. The Bertz CT molecular complexity index is 921. The van der Waals surface area contributed by atoms with Crippen molar-refractivity contribution >= 4 is 34.9 Å². The van der Waals surface area contributed by atoms with Crippen LogP contribution in [0.15, 0.2) is 36.4 Å². The number of piperidine rings is 1. The Balaban J connectivity index is 1.05. The van der Waals surface area contributed by atoms with Crippen molar-refractivity contribution in [2.45, 2.75) is 25.3 Å². The third kappa shape index (κ3) is 4.96. The molecule has 1 aromatic rings. The van der Waals surface area contributed by atoms with Gasteiger partial charge in [0.1, 0.15) is 6.04 Å². The molecule has 4 fully saturated rings. The van der Waals surface area contributed by atoms with Crippen LogP contribution in [0.2, 0.25) is 0 Å². The number of rotatable bonds is 5. The van der Waals surface area contributed by atoms with E-state index in [1.807, 2.05) is 23.1 Å². The summed E-state index contributed by atoms with van der Waals surface area (Å²) in [5, 5.41) is 2.64. The number of hydrogen-bond donors (Lipinski definition) is 1. The molecule has 3 amide bonds. The first-order chi connectivity index (χ1) is 16.0. The maximum Gasteiger partial charge on any atom is 0.279 e. The number of benzene rings is 1. The van der Waals surface area contributed by atoms with Gasteiger partial charge in [0, 0.05) is 57.5 Å². The lowest BCUT2D eigenvalue weighted by Crippen LogP contribution is -2.50. The second-order valence-corrected chi connectivity index (χ2v) is 10.7. The van der Waals surface area contributed by atoms with E-state index in [9.17, 15) is 14.4 Å². The molecule has 1 saturated carbocycles. The zero-order chi connectivity index (χ0) is 22.8. The number of carbonyl (C=O) groups is 3. The molecule has 0 radical (unpaired) electrons. The average Bonchev–Trinajstić information content (AvgIpc) is 3.36. The van der Waals surface area contributed by atoms with Crippen LogP contribution >= 0.6 is 11.8 Å². The van der Waals surface area contributed by atoms with E-state index >= 15 is 0 Å². The molecule has 1 aliphatic carbocycles. The van der Waals surface area contributed by atoms with E-state index in [0.29, 0.717) is 24.7 Å². The van der Waals surface area contributed by atoms with Crippen LogP contribution in [0.4, 0.5) is 4.79 Å². The zero-order valence-corrected chi connectivity index (χ0v) is 19.8. The van der Waals surface area contributed by atoms with Gasteiger partial charge in [0.05, 0.1) is 0 Å². The predicted octanol–water partition coefficient (Wildman–Crippen LogP) is 2.30. The zero-order valence-electron chi connectivity index (χ0n) is 18.9. The quantitative estimate of drug-likeness (QED) is 0.718. The maximum absolute atomic E-state index is 13.2. The molecule has 1 spiro atoms. The van der Waals surface area contributed by atoms with Crippen molar-refractivity contribution in [3.8, 4) is 0 Å². The summed E-state index contributed by atoms with van der Waals surface area (Å²) in [5.41, 5.74) is 1.31. The van der Waals surface area contributed by atoms with Crippen molar-refractivity contribution in [2.24, 2.45) is 11.3 Å². The minimum Gasteiger partial charge on any atom is -0.341 e. The molecule has 3 heterocycles. The van der Waals surface area contributed by atoms with Gasteiger partial charge in [-0.05, 0) is 30.2 Å². The van der Waals surface area contributed by atoms with Gasteiger partial charge < -0.3 is 15.1 Å². The summed E-state index contributed by atoms with van der Waals surface area (Å²) in [7, 11) is 0. The van der Waals surface area contributed by atoms with E-state index in [1.54, 1.807) is 0 Å². The molecule has 1 aromatic carbocycles. The number of piperazine rings is 1. The molecule has 1 N–H and O–H groups in total. The summed E-state index contributed by atoms with van der Waals surface area (Å²) in [6.07, 6.45) is 7.11. The van der Waals surface area contributed by atoms with Crippen molar-refractivity contribution in [3.63, 3.8) is 0 Å². The Hall–Kier alpha value is -2.32. The minimum absolute atomic E-state index is 0.0316. The van der Waals surface area contributed by atoms with Gasteiger partial charge in [-0.1, -0.05) is 54.2 Å². The maximum atomic E-state index is 13.2. The Morgan fingerprint density at radius 2 is 1.70 bits per heavy atom. The fourth-order valence-electron chi connectivity index (χ4n) is 5.43. The monoisotopic (exact) mass is 468 g/mol. The molecule has 2 atom stereocenters. The van der Waals surface area contributed by atoms with Crippen molar-refractivity contribution in [1.29, 1.82) is 0 Å². The molecule has 0 aromatic heterocycles. The van der Waals surface area contributed by atoms with Gasteiger partial charge in [0.15, 0.2) is 0 Å². The van der Waals surface area contributed by atoms with Crippen molar-refractivity contribution in [3.05, 3.63) is 42.0 Å². The van der Waals surface area contributed by atoms with E-state index in [1.165, 1.54) is 17.3 Å².